The summed E-state index contributed by atoms with van der Waals surface area (Å²) in [6.07, 6.45) is 1.18. The minimum atomic E-state index is 0.906. The number of thiophene rings is 1. The first kappa shape index (κ1) is 10.8. The Hall–Kier alpha value is -1.32. The number of hydrogen-bond donors (Lipinski definition) is 1. The van der Waals surface area contributed by atoms with Crippen LogP contribution in [0, 0.1) is 0 Å². The van der Waals surface area contributed by atoms with E-state index in [1.807, 2.05) is 23.5 Å². The molecule has 2 nitrogen and oxygen atoms in total. The Bertz CT molecular complexity index is 518. The molecule has 17 heavy (non-hydrogen) atoms. The molecular weight excluding hydrogens is 228 g/mol. The van der Waals surface area contributed by atoms with E-state index in [1.165, 1.54) is 17.5 Å². The zero-order valence-corrected chi connectivity index (χ0v) is 10.5. The number of anilines is 1. The second-order valence-electron chi connectivity index (χ2n) is 4.53. The third-order valence-electron chi connectivity index (χ3n) is 3.34. The Labute approximate surface area is 106 Å². The van der Waals surface area contributed by atoms with Crippen LogP contribution < -0.4 is 5.73 Å². The highest BCUT2D eigenvalue weighted by Gasteiger charge is 2.17. The number of fused-ring (bicyclic) bond motifs is 1. The lowest BCUT2D eigenvalue weighted by molar-refractivity contribution is 0.248. The molecule has 0 spiro atoms. The molecular formula is C14H16N2S. The molecule has 1 aromatic carbocycles. The number of nitrogens with two attached hydrogens (primary N) is 1. The number of nitrogen functional groups attached to an aromatic ring is 1. The smallest absolute Gasteiger partial charge is 0.0359 e. The van der Waals surface area contributed by atoms with Crippen LogP contribution in [-0.4, -0.2) is 11.4 Å². The summed E-state index contributed by atoms with van der Waals surface area (Å²) in [5.74, 6) is 0. The van der Waals surface area contributed by atoms with Gasteiger partial charge in [0.15, 0.2) is 0 Å². The van der Waals surface area contributed by atoms with E-state index in [1.54, 1.807) is 4.88 Å². The number of nitrogens with zero attached hydrogens (tertiary/aromatic N) is 1. The summed E-state index contributed by atoms with van der Waals surface area (Å²) in [6.45, 7) is 3.16. The van der Waals surface area contributed by atoms with Crippen LogP contribution in [0.25, 0.3) is 0 Å². The van der Waals surface area contributed by atoms with Crippen LogP contribution in [0.2, 0.25) is 0 Å². The van der Waals surface area contributed by atoms with Crippen LogP contribution >= 0.6 is 11.3 Å². The molecule has 1 aliphatic heterocycles. The second-order valence-corrected chi connectivity index (χ2v) is 5.53. The summed E-state index contributed by atoms with van der Waals surface area (Å²) in [4.78, 5) is 4.03. The van der Waals surface area contributed by atoms with Crippen LogP contribution in [-0.2, 0) is 19.5 Å². The van der Waals surface area contributed by atoms with Gasteiger partial charge in [-0.05, 0) is 35.1 Å². The van der Waals surface area contributed by atoms with Gasteiger partial charge in [-0.25, -0.2) is 0 Å². The molecule has 2 aromatic rings. The van der Waals surface area contributed by atoms with Gasteiger partial charge in [-0.1, -0.05) is 18.2 Å². The Morgan fingerprint density at radius 2 is 2.12 bits per heavy atom. The summed E-state index contributed by atoms with van der Waals surface area (Å²) in [5.41, 5.74) is 9.63. The molecule has 0 radical (unpaired) electrons. The number of hydrogen-bond acceptors (Lipinski definition) is 3. The average molecular weight is 244 g/mol. The minimum Gasteiger partial charge on any atom is -0.398 e. The van der Waals surface area contributed by atoms with Crippen molar-refractivity contribution in [3.63, 3.8) is 0 Å². The number of para-hydroxylation sites is 1. The summed E-state index contributed by atoms with van der Waals surface area (Å²) in [5, 5.41) is 2.20. The van der Waals surface area contributed by atoms with Crippen LogP contribution in [0.4, 0.5) is 5.69 Å². The lowest BCUT2D eigenvalue weighted by Crippen LogP contribution is -2.29. The molecule has 3 heteroatoms. The second kappa shape index (κ2) is 4.51. The van der Waals surface area contributed by atoms with E-state index >= 15 is 0 Å². The standard InChI is InChI=1S/C14H16N2S/c15-13-4-2-1-3-11(13)9-16-7-5-14-12(10-16)6-8-17-14/h1-4,6,8H,5,7,9-10,15H2. The first-order valence-corrected chi connectivity index (χ1v) is 6.82. The molecule has 0 unspecified atom stereocenters. The first-order valence-electron chi connectivity index (χ1n) is 5.94. The van der Waals surface area contributed by atoms with Gasteiger partial charge in [-0.3, -0.25) is 4.90 Å². The van der Waals surface area contributed by atoms with E-state index in [4.69, 9.17) is 5.73 Å². The molecule has 0 saturated heterocycles. The van der Waals surface area contributed by atoms with E-state index in [-0.39, 0.29) is 0 Å². The molecule has 88 valence electrons. The predicted molar refractivity (Wildman–Crippen MR) is 73.0 cm³/mol. The van der Waals surface area contributed by atoms with Crippen molar-refractivity contribution in [3.8, 4) is 0 Å². The average Bonchev–Trinajstić information content (AvgIpc) is 2.79. The fourth-order valence-electron chi connectivity index (χ4n) is 2.36. The van der Waals surface area contributed by atoms with Gasteiger partial charge in [-0.15, -0.1) is 11.3 Å². The van der Waals surface area contributed by atoms with Crippen molar-refractivity contribution in [1.29, 1.82) is 0 Å². The fraction of sp³-hybridized carbons (Fsp3) is 0.286. The molecule has 0 fully saturated rings. The van der Waals surface area contributed by atoms with Gasteiger partial charge in [0.05, 0.1) is 0 Å². The number of rotatable bonds is 2. The van der Waals surface area contributed by atoms with Crippen molar-refractivity contribution in [2.45, 2.75) is 19.5 Å². The third kappa shape index (κ3) is 2.21. The van der Waals surface area contributed by atoms with Gasteiger partial charge < -0.3 is 5.73 Å². The normalized spacial score (nSPS) is 15.8. The molecule has 2 heterocycles. The summed E-state index contributed by atoms with van der Waals surface area (Å²) >= 11 is 1.89. The monoisotopic (exact) mass is 244 g/mol. The summed E-state index contributed by atoms with van der Waals surface area (Å²) < 4.78 is 0. The maximum atomic E-state index is 5.99. The van der Waals surface area contributed by atoms with Crippen molar-refractivity contribution in [1.82, 2.24) is 4.90 Å². The van der Waals surface area contributed by atoms with Crippen LogP contribution in [0.15, 0.2) is 35.7 Å². The fourth-order valence-corrected chi connectivity index (χ4v) is 3.25. The molecule has 0 saturated carbocycles. The predicted octanol–water partition coefficient (Wildman–Crippen LogP) is 2.89. The molecule has 3 rings (SSSR count). The highest BCUT2D eigenvalue weighted by Crippen LogP contribution is 2.25. The number of benzene rings is 1. The van der Waals surface area contributed by atoms with Crippen LogP contribution in [0.1, 0.15) is 16.0 Å². The van der Waals surface area contributed by atoms with Gasteiger partial charge >= 0.3 is 0 Å². The minimum absolute atomic E-state index is 0.906. The van der Waals surface area contributed by atoms with Gasteiger partial charge in [0, 0.05) is 30.2 Å². The van der Waals surface area contributed by atoms with Crippen molar-refractivity contribution < 1.29 is 0 Å². The highest BCUT2D eigenvalue weighted by atomic mass is 32.1. The quantitative estimate of drug-likeness (QED) is 0.823. The van der Waals surface area contributed by atoms with Gasteiger partial charge in [0.2, 0.25) is 0 Å². The lowest BCUT2D eigenvalue weighted by Gasteiger charge is -2.27. The van der Waals surface area contributed by atoms with Gasteiger partial charge in [-0.2, -0.15) is 0 Å². The van der Waals surface area contributed by atoms with Gasteiger partial charge in [0.1, 0.15) is 0 Å². The molecule has 0 amide bonds. The van der Waals surface area contributed by atoms with Crippen molar-refractivity contribution >= 4 is 17.0 Å². The molecule has 0 atom stereocenters. The van der Waals surface area contributed by atoms with Crippen LogP contribution in [0.5, 0.6) is 0 Å². The van der Waals surface area contributed by atoms with E-state index < -0.39 is 0 Å². The van der Waals surface area contributed by atoms with E-state index in [0.717, 1.165) is 25.3 Å². The SMILES string of the molecule is Nc1ccccc1CN1CCc2sccc2C1. The maximum Gasteiger partial charge on any atom is 0.0359 e. The third-order valence-corrected chi connectivity index (χ3v) is 4.36. The zero-order chi connectivity index (χ0) is 11.7. The van der Waals surface area contributed by atoms with Crippen LogP contribution in [0.3, 0.4) is 0 Å². The Morgan fingerprint density at radius 1 is 1.24 bits per heavy atom. The lowest BCUT2D eigenvalue weighted by atomic mass is 10.1. The van der Waals surface area contributed by atoms with E-state index in [9.17, 15) is 0 Å². The zero-order valence-electron chi connectivity index (χ0n) is 9.73. The topological polar surface area (TPSA) is 29.3 Å². The summed E-state index contributed by atoms with van der Waals surface area (Å²) in [6, 6.07) is 10.4. The van der Waals surface area contributed by atoms with Gasteiger partial charge in [0.25, 0.3) is 0 Å². The Kier molecular flexibility index (Phi) is 2.87. The van der Waals surface area contributed by atoms with E-state index in [2.05, 4.69) is 28.5 Å². The Morgan fingerprint density at radius 3 is 3.00 bits per heavy atom. The molecule has 0 aliphatic carbocycles. The highest BCUT2D eigenvalue weighted by molar-refractivity contribution is 7.10. The van der Waals surface area contributed by atoms with Crippen molar-refractivity contribution in [3.05, 3.63) is 51.7 Å². The molecule has 1 aromatic heterocycles. The molecule has 2 N–H and O–H groups in total. The first-order chi connectivity index (χ1) is 8.33. The van der Waals surface area contributed by atoms with Crippen molar-refractivity contribution in [2.24, 2.45) is 0 Å². The molecule has 1 aliphatic rings. The maximum absolute atomic E-state index is 5.99. The molecule has 0 bridgehead atoms. The largest absolute Gasteiger partial charge is 0.398 e. The van der Waals surface area contributed by atoms with E-state index in [0.29, 0.717) is 0 Å². The summed E-state index contributed by atoms with van der Waals surface area (Å²) in [7, 11) is 0. The van der Waals surface area contributed by atoms with Crippen molar-refractivity contribution in [2.75, 3.05) is 12.3 Å². The Balaban J connectivity index is 1.74.